The van der Waals surface area contributed by atoms with Crippen molar-refractivity contribution in [2.45, 2.75) is 6.42 Å². The van der Waals surface area contributed by atoms with E-state index < -0.39 is 0 Å². The van der Waals surface area contributed by atoms with Gasteiger partial charge >= 0.3 is 0 Å². The summed E-state index contributed by atoms with van der Waals surface area (Å²) in [6, 6.07) is 5.40. The normalized spacial score (nSPS) is 11.6. The van der Waals surface area contributed by atoms with Gasteiger partial charge in [-0.25, -0.2) is 4.98 Å². The van der Waals surface area contributed by atoms with Crippen LogP contribution in [0.1, 0.15) is 12.0 Å². The van der Waals surface area contributed by atoms with Crippen molar-refractivity contribution >= 4 is 46.0 Å². The molecule has 2 rings (SSSR count). The molecule has 2 N–H and O–H groups in total. The molecule has 0 aromatic carbocycles. The third-order valence-electron chi connectivity index (χ3n) is 2.70. The van der Waals surface area contributed by atoms with Gasteiger partial charge in [-0.3, -0.25) is 4.98 Å². The fourth-order valence-corrected chi connectivity index (χ4v) is 1.99. The molecule has 0 fully saturated rings. The molecule has 0 unspecified atom stereocenters. The average molecular weight is 309 g/mol. The second kappa shape index (κ2) is 7.22. The average Bonchev–Trinajstić information content (AvgIpc) is 2.46. The first-order valence-corrected chi connectivity index (χ1v) is 7.08. The molecule has 0 radical (unpaired) electrons. The van der Waals surface area contributed by atoms with Gasteiger partial charge in [0.1, 0.15) is 5.15 Å². The van der Waals surface area contributed by atoms with E-state index in [1.165, 1.54) is 6.21 Å². The Morgan fingerprint density at radius 1 is 1.35 bits per heavy atom. The van der Waals surface area contributed by atoms with Gasteiger partial charge in [0.05, 0.1) is 11.0 Å². The quantitative estimate of drug-likeness (QED) is 0.371. The summed E-state index contributed by atoms with van der Waals surface area (Å²) in [6.07, 6.45) is 5.66. The van der Waals surface area contributed by atoms with Gasteiger partial charge in [0, 0.05) is 42.2 Å². The standard InChI is InChI=1S/C14H14Cl2N4/c15-4-1-5-18-8-11(7-17)10-6-13-12(19-9-10)2-3-14(16)20-13/h2-3,6-9,17-18H,1,4-5H2/b11-8+,17-7?. The molecule has 2 aromatic rings. The first-order chi connectivity index (χ1) is 9.74. The monoisotopic (exact) mass is 308 g/mol. The highest BCUT2D eigenvalue weighted by Crippen LogP contribution is 2.18. The number of hydrogen-bond acceptors (Lipinski definition) is 4. The van der Waals surface area contributed by atoms with E-state index in [0.29, 0.717) is 16.5 Å². The van der Waals surface area contributed by atoms with Gasteiger partial charge in [-0.2, -0.15) is 0 Å². The fourth-order valence-electron chi connectivity index (χ4n) is 1.70. The van der Waals surface area contributed by atoms with Gasteiger partial charge in [0.2, 0.25) is 0 Å². The molecule has 20 heavy (non-hydrogen) atoms. The molecule has 0 bridgehead atoms. The lowest BCUT2D eigenvalue weighted by atomic mass is 10.1. The van der Waals surface area contributed by atoms with E-state index in [9.17, 15) is 0 Å². The van der Waals surface area contributed by atoms with Crippen LogP contribution in [0.3, 0.4) is 0 Å². The molecule has 0 saturated carbocycles. The van der Waals surface area contributed by atoms with E-state index in [-0.39, 0.29) is 0 Å². The highest BCUT2D eigenvalue weighted by molar-refractivity contribution is 6.29. The van der Waals surface area contributed by atoms with Crippen molar-refractivity contribution < 1.29 is 0 Å². The molecule has 0 spiro atoms. The molecule has 0 aliphatic heterocycles. The maximum atomic E-state index is 7.49. The SMILES string of the molecule is N=C/C(=C\NCCCCl)c1cnc2ccc(Cl)nc2c1. The van der Waals surface area contributed by atoms with E-state index in [0.717, 1.165) is 29.6 Å². The topological polar surface area (TPSA) is 61.7 Å². The van der Waals surface area contributed by atoms with E-state index in [2.05, 4.69) is 15.3 Å². The van der Waals surface area contributed by atoms with Crippen molar-refractivity contribution in [2.24, 2.45) is 0 Å². The van der Waals surface area contributed by atoms with Crippen molar-refractivity contribution in [1.29, 1.82) is 5.41 Å². The van der Waals surface area contributed by atoms with Crippen molar-refractivity contribution in [3.63, 3.8) is 0 Å². The Hall–Kier alpha value is -1.65. The molecule has 0 aliphatic carbocycles. The molecule has 6 heteroatoms. The summed E-state index contributed by atoms with van der Waals surface area (Å²) in [5.74, 6) is 0.612. The number of halogens is 2. The minimum absolute atomic E-state index is 0.428. The van der Waals surface area contributed by atoms with Crippen molar-refractivity contribution in [3.8, 4) is 0 Å². The molecule has 0 aliphatic rings. The Bertz CT molecular complexity index is 640. The first-order valence-electron chi connectivity index (χ1n) is 6.17. The van der Waals surface area contributed by atoms with Gasteiger partial charge in [0.25, 0.3) is 0 Å². The Balaban J connectivity index is 2.27. The van der Waals surface area contributed by atoms with Gasteiger partial charge in [-0.05, 0) is 24.6 Å². The number of nitrogens with zero attached hydrogens (tertiary/aromatic N) is 2. The van der Waals surface area contributed by atoms with Crippen LogP contribution in [-0.4, -0.2) is 28.6 Å². The van der Waals surface area contributed by atoms with Crippen LogP contribution in [-0.2, 0) is 0 Å². The number of alkyl halides is 1. The lowest BCUT2D eigenvalue weighted by Crippen LogP contribution is -2.08. The van der Waals surface area contributed by atoms with Crippen LogP contribution in [0.25, 0.3) is 16.6 Å². The van der Waals surface area contributed by atoms with Crippen molar-refractivity contribution in [1.82, 2.24) is 15.3 Å². The number of rotatable bonds is 6. The fraction of sp³-hybridized carbons (Fsp3) is 0.214. The van der Waals surface area contributed by atoms with Gasteiger partial charge < -0.3 is 10.7 Å². The second-order valence-corrected chi connectivity index (χ2v) is 4.90. The molecule has 0 amide bonds. The molecule has 2 heterocycles. The Morgan fingerprint density at radius 3 is 2.95 bits per heavy atom. The molecular formula is C14H14Cl2N4. The van der Waals surface area contributed by atoms with Crippen LogP contribution in [0.15, 0.2) is 30.6 Å². The number of allylic oxidation sites excluding steroid dienone is 1. The minimum atomic E-state index is 0.428. The third kappa shape index (κ3) is 3.68. The minimum Gasteiger partial charge on any atom is -0.390 e. The molecule has 0 atom stereocenters. The second-order valence-electron chi connectivity index (χ2n) is 4.14. The predicted molar refractivity (Wildman–Crippen MR) is 84.6 cm³/mol. The lowest BCUT2D eigenvalue weighted by molar-refractivity contribution is 0.815. The van der Waals surface area contributed by atoms with Crippen LogP contribution in [0.5, 0.6) is 0 Å². The van der Waals surface area contributed by atoms with Gasteiger partial charge in [-0.15, -0.1) is 11.6 Å². The first kappa shape index (κ1) is 14.8. The van der Waals surface area contributed by atoms with Gasteiger partial charge in [0.15, 0.2) is 0 Å². The summed E-state index contributed by atoms with van der Waals surface area (Å²) in [5, 5.41) is 11.0. The van der Waals surface area contributed by atoms with E-state index >= 15 is 0 Å². The molecule has 4 nitrogen and oxygen atoms in total. The molecule has 2 aromatic heterocycles. The number of nitrogens with one attached hydrogen (secondary N) is 2. The third-order valence-corrected chi connectivity index (χ3v) is 3.18. The zero-order chi connectivity index (χ0) is 14.4. The summed E-state index contributed by atoms with van der Waals surface area (Å²) in [4.78, 5) is 8.55. The largest absolute Gasteiger partial charge is 0.390 e. The number of pyridine rings is 2. The van der Waals surface area contributed by atoms with Crippen LogP contribution in [0, 0.1) is 5.41 Å². The number of aromatic nitrogens is 2. The van der Waals surface area contributed by atoms with Crippen molar-refractivity contribution in [3.05, 3.63) is 41.3 Å². The molecular weight excluding hydrogens is 295 g/mol. The summed E-state index contributed by atoms with van der Waals surface area (Å²) >= 11 is 11.5. The maximum absolute atomic E-state index is 7.49. The maximum Gasteiger partial charge on any atom is 0.129 e. The smallest absolute Gasteiger partial charge is 0.129 e. The Labute approximate surface area is 127 Å². The summed E-state index contributed by atoms with van der Waals surface area (Å²) in [5.41, 5.74) is 3.04. The van der Waals surface area contributed by atoms with E-state index in [4.69, 9.17) is 28.6 Å². The summed E-state index contributed by atoms with van der Waals surface area (Å²) in [7, 11) is 0. The van der Waals surface area contributed by atoms with Crippen molar-refractivity contribution in [2.75, 3.05) is 12.4 Å². The summed E-state index contributed by atoms with van der Waals surface area (Å²) in [6.45, 7) is 0.770. The van der Waals surface area contributed by atoms with Crippen LogP contribution >= 0.6 is 23.2 Å². The molecule has 104 valence electrons. The predicted octanol–water partition coefficient (Wildman–Crippen LogP) is 3.49. The van der Waals surface area contributed by atoms with E-state index in [1.54, 1.807) is 18.5 Å². The molecule has 0 saturated heterocycles. The van der Waals surface area contributed by atoms with Crippen LogP contribution in [0.2, 0.25) is 5.15 Å². The summed E-state index contributed by atoms with van der Waals surface area (Å²) < 4.78 is 0. The van der Waals surface area contributed by atoms with Gasteiger partial charge in [-0.1, -0.05) is 11.6 Å². The van der Waals surface area contributed by atoms with Crippen LogP contribution < -0.4 is 5.32 Å². The van der Waals surface area contributed by atoms with E-state index in [1.807, 2.05) is 12.1 Å². The zero-order valence-electron chi connectivity index (χ0n) is 10.7. The highest BCUT2D eigenvalue weighted by Gasteiger charge is 2.03. The zero-order valence-corrected chi connectivity index (χ0v) is 12.2. The van der Waals surface area contributed by atoms with Crippen LogP contribution in [0.4, 0.5) is 0 Å². The lowest BCUT2D eigenvalue weighted by Gasteiger charge is -2.05. The highest BCUT2D eigenvalue weighted by atomic mass is 35.5. The number of fused-ring (bicyclic) bond motifs is 1. The Morgan fingerprint density at radius 2 is 2.20 bits per heavy atom. The Kier molecular flexibility index (Phi) is 5.32. The number of hydrogen-bond donors (Lipinski definition) is 2.